The van der Waals surface area contributed by atoms with Crippen molar-refractivity contribution in [3.8, 4) is 0 Å². The summed E-state index contributed by atoms with van der Waals surface area (Å²) in [6.07, 6.45) is 3.55. The second-order valence-corrected chi connectivity index (χ2v) is 10.6. The molecule has 29 heavy (non-hydrogen) atoms. The summed E-state index contributed by atoms with van der Waals surface area (Å²) in [5, 5.41) is 21.6. The number of carbonyl (C=O) groups excluding carboxylic acids is 1. The zero-order chi connectivity index (χ0) is 22.2. The highest BCUT2D eigenvalue weighted by Crippen LogP contribution is 2.33. The van der Waals surface area contributed by atoms with Gasteiger partial charge in [-0.15, -0.1) is 11.8 Å². The quantitative estimate of drug-likeness (QED) is 0.718. The third kappa shape index (κ3) is 9.94. The molecule has 162 valence electrons. The van der Waals surface area contributed by atoms with Crippen LogP contribution in [0.15, 0.2) is 29.3 Å². The molecule has 3 N–H and O–H groups in total. The van der Waals surface area contributed by atoms with Crippen LogP contribution in [0.3, 0.4) is 0 Å². The maximum absolute atomic E-state index is 9.53. The second kappa shape index (κ2) is 10.8. The number of aromatic nitrogens is 1. The molecular formula is C22H34N2O4S. The van der Waals surface area contributed by atoms with E-state index in [9.17, 15) is 14.7 Å². The molecule has 1 aromatic rings. The van der Waals surface area contributed by atoms with Crippen molar-refractivity contribution in [1.82, 2.24) is 4.98 Å². The van der Waals surface area contributed by atoms with Gasteiger partial charge in [0.15, 0.2) is 0 Å². The molecule has 0 radical (unpaired) electrons. The molecule has 1 fully saturated rings. The van der Waals surface area contributed by atoms with Crippen molar-refractivity contribution < 1.29 is 25.1 Å². The van der Waals surface area contributed by atoms with Gasteiger partial charge in [-0.2, -0.15) is 0 Å². The van der Waals surface area contributed by atoms with E-state index in [1.165, 1.54) is 42.2 Å². The van der Waals surface area contributed by atoms with E-state index in [0.29, 0.717) is 12.2 Å². The average Bonchev–Trinajstić information content (AvgIpc) is 2.59. The highest BCUT2D eigenvalue weighted by molar-refractivity contribution is 7.99. The monoisotopic (exact) mass is 422 g/mol. The van der Waals surface area contributed by atoms with Crippen LogP contribution < -0.4 is 10.4 Å². The van der Waals surface area contributed by atoms with Gasteiger partial charge in [-0.05, 0) is 29.2 Å². The molecule has 0 amide bonds. The summed E-state index contributed by atoms with van der Waals surface area (Å²) in [5.41, 5.74) is 2.92. The van der Waals surface area contributed by atoms with Crippen LogP contribution in [0, 0.1) is 0 Å². The summed E-state index contributed by atoms with van der Waals surface area (Å²) < 4.78 is 0. The van der Waals surface area contributed by atoms with Gasteiger partial charge in [-0.3, -0.25) is 0 Å². The van der Waals surface area contributed by atoms with Gasteiger partial charge in [0.2, 0.25) is 0 Å². The van der Waals surface area contributed by atoms with Crippen LogP contribution in [0.2, 0.25) is 0 Å². The molecule has 7 heteroatoms. The number of carbonyl (C=O) groups is 2. The van der Waals surface area contributed by atoms with Crippen LogP contribution in [0.5, 0.6) is 0 Å². The van der Waals surface area contributed by atoms with Crippen LogP contribution in [-0.2, 0) is 20.4 Å². The average molecular weight is 423 g/mol. The zero-order valence-corrected chi connectivity index (χ0v) is 19.1. The van der Waals surface area contributed by atoms with Crippen LogP contribution in [0.1, 0.15) is 65.6 Å². The molecule has 0 unspecified atom stereocenters. The largest absolute Gasteiger partial charge is 0.545 e. The Labute approximate surface area is 178 Å². The van der Waals surface area contributed by atoms with E-state index in [0.717, 1.165) is 5.25 Å². The molecule has 6 nitrogen and oxygen atoms in total. The summed E-state index contributed by atoms with van der Waals surface area (Å²) >= 11 is 1.99. The van der Waals surface area contributed by atoms with E-state index in [2.05, 4.69) is 59.0 Å². The van der Waals surface area contributed by atoms with Crippen molar-refractivity contribution in [2.24, 2.45) is 0 Å². The SMILES string of the molecule is CC(C)(C)c1cc(SC2CC[NH2+]CC2)nc(C(C)(C)C)c1.O=C([O-])/C=C/C(=O)O. The Kier molecular flexibility index (Phi) is 9.36. The Morgan fingerprint density at radius 2 is 1.69 bits per heavy atom. The summed E-state index contributed by atoms with van der Waals surface area (Å²) in [6, 6.07) is 4.62. The lowest BCUT2D eigenvalue weighted by molar-refractivity contribution is -0.661. The summed E-state index contributed by atoms with van der Waals surface area (Å²) in [7, 11) is 0. The van der Waals surface area contributed by atoms with E-state index >= 15 is 0 Å². The Hall–Kier alpha value is -1.86. The molecule has 1 saturated heterocycles. The summed E-state index contributed by atoms with van der Waals surface area (Å²) in [4.78, 5) is 23.9. The number of hydrogen-bond acceptors (Lipinski definition) is 5. The molecule has 1 aromatic heterocycles. The van der Waals surface area contributed by atoms with Gasteiger partial charge in [-0.1, -0.05) is 41.5 Å². The van der Waals surface area contributed by atoms with E-state index in [-0.39, 0.29) is 10.8 Å². The third-order valence-electron chi connectivity index (χ3n) is 4.47. The van der Waals surface area contributed by atoms with Crippen LogP contribution in [0.4, 0.5) is 0 Å². The van der Waals surface area contributed by atoms with Crippen molar-refractivity contribution in [1.29, 1.82) is 0 Å². The lowest BCUT2D eigenvalue weighted by Crippen LogP contribution is -2.86. The Morgan fingerprint density at radius 1 is 1.10 bits per heavy atom. The first-order valence-corrected chi connectivity index (χ1v) is 10.8. The van der Waals surface area contributed by atoms with Gasteiger partial charge in [0.05, 0.1) is 24.1 Å². The predicted molar refractivity (Wildman–Crippen MR) is 114 cm³/mol. The molecule has 0 saturated carbocycles. The van der Waals surface area contributed by atoms with Gasteiger partial charge >= 0.3 is 5.97 Å². The number of piperidine rings is 1. The third-order valence-corrected chi connectivity index (χ3v) is 5.73. The first kappa shape index (κ1) is 25.2. The van der Waals surface area contributed by atoms with Crippen molar-refractivity contribution in [2.75, 3.05) is 13.1 Å². The molecule has 0 aliphatic carbocycles. The number of pyridine rings is 1. The molecule has 2 rings (SSSR count). The first-order valence-electron chi connectivity index (χ1n) is 9.92. The van der Waals surface area contributed by atoms with Gasteiger partial charge < -0.3 is 20.3 Å². The van der Waals surface area contributed by atoms with Crippen molar-refractivity contribution in [2.45, 2.75) is 75.5 Å². The molecule has 1 aliphatic heterocycles. The smallest absolute Gasteiger partial charge is 0.328 e. The van der Waals surface area contributed by atoms with E-state index < -0.39 is 11.9 Å². The van der Waals surface area contributed by atoms with Crippen molar-refractivity contribution in [3.05, 3.63) is 35.5 Å². The van der Waals surface area contributed by atoms with E-state index in [4.69, 9.17) is 10.1 Å². The van der Waals surface area contributed by atoms with Gasteiger partial charge in [0.1, 0.15) is 0 Å². The first-order chi connectivity index (χ1) is 13.3. The molecule has 0 bridgehead atoms. The molecule has 0 aromatic carbocycles. The standard InChI is InChI=1S/C18H30N2S.C4H4O4/c1-17(2,3)13-11-15(18(4,5)6)20-16(12-13)21-14-7-9-19-10-8-14;5-3(6)1-2-4(7)8/h11-12,14,19H,7-10H2,1-6H3;1-2H,(H,5,6)(H,7,8)/b;2-1+. The zero-order valence-electron chi connectivity index (χ0n) is 18.3. The maximum atomic E-state index is 9.53. The van der Waals surface area contributed by atoms with E-state index in [1.54, 1.807) is 0 Å². The number of carboxylic acids is 2. The number of rotatable bonds is 4. The Bertz CT molecular complexity index is 679. The topological polar surface area (TPSA) is 107 Å². The molecule has 1 aliphatic rings. The molecular weight excluding hydrogens is 388 g/mol. The summed E-state index contributed by atoms with van der Waals surface area (Å²) in [5.74, 6) is -2.80. The maximum Gasteiger partial charge on any atom is 0.328 e. The number of nitrogens with two attached hydrogens (primary N) is 1. The second-order valence-electron chi connectivity index (χ2n) is 9.25. The molecule has 0 spiro atoms. The number of thioether (sulfide) groups is 1. The minimum Gasteiger partial charge on any atom is -0.545 e. The fraction of sp³-hybridized carbons (Fsp3) is 0.591. The van der Waals surface area contributed by atoms with Gasteiger partial charge in [0.25, 0.3) is 0 Å². The van der Waals surface area contributed by atoms with Crippen LogP contribution in [-0.4, -0.2) is 40.4 Å². The van der Waals surface area contributed by atoms with Gasteiger partial charge in [-0.25, -0.2) is 9.78 Å². The molecule has 0 atom stereocenters. The highest BCUT2D eigenvalue weighted by atomic mass is 32.2. The van der Waals surface area contributed by atoms with E-state index in [1.807, 2.05) is 11.8 Å². The number of quaternary nitrogens is 1. The predicted octanol–water partition coefficient (Wildman–Crippen LogP) is 1.87. The lowest BCUT2D eigenvalue weighted by atomic mass is 9.84. The van der Waals surface area contributed by atoms with Crippen LogP contribution in [0.25, 0.3) is 0 Å². The lowest BCUT2D eigenvalue weighted by Gasteiger charge is -2.26. The fourth-order valence-electron chi connectivity index (χ4n) is 2.71. The number of hydrogen-bond donors (Lipinski definition) is 2. The number of carboxylic acid groups (broad SMARTS) is 2. The number of nitrogens with zero attached hydrogens (tertiary/aromatic N) is 1. The fourth-order valence-corrected chi connectivity index (χ4v) is 3.90. The number of aliphatic carboxylic acids is 2. The molecule has 2 heterocycles. The Balaban J connectivity index is 0.000000447. The van der Waals surface area contributed by atoms with Crippen LogP contribution >= 0.6 is 11.8 Å². The summed E-state index contributed by atoms with van der Waals surface area (Å²) in [6.45, 7) is 16.2. The van der Waals surface area contributed by atoms with Crippen molar-refractivity contribution >= 4 is 23.7 Å². The van der Waals surface area contributed by atoms with Crippen molar-refractivity contribution in [3.63, 3.8) is 0 Å². The van der Waals surface area contributed by atoms with Gasteiger partial charge in [0, 0.05) is 35.3 Å². The minimum atomic E-state index is -1.51. The highest BCUT2D eigenvalue weighted by Gasteiger charge is 2.24. The Morgan fingerprint density at radius 3 is 2.10 bits per heavy atom. The normalized spacial score (nSPS) is 15.7. The minimum absolute atomic E-state index is 0.108.